The van der Waals surface area contributed by atoms with Crippen molar-refractivity contribution in [3.8, 4) is 5.69 Å². The van der Waals surface area contributed by atoms with Crippen molar-refractivity contribution in [3.05, 3.63) is 23.7 Å². The van der Waals surface area contributed by atoms with Crippen molar-refractivity contribution in [2.45, 2.75) is 6.92 Å². The Morgan fingerprint density at radius 3 is 2.61 bits per heavy atom. The van der Waals surface area contributed by atoms with Crippen LogP contribution < -0.4 is 10.6 Å². The predicted molar refractivity (Wildman–Crippen MR) is 67.7 cm³/mol. The van der Waals surface area contributed by atoms with Crippen molar-refractivity contribution in [2.75, 3.05) is 17.7 Å². The second-order valence-electron chi connectivity index (χ2n) is 3.63. The molecule has 0 atom stereocenters. The Labute approximate surface area is 108 Å². The minimum Gasteiger partial charge on any atom is -0.368 e. The van der Waals surface area contributed by atoms with Crippen LogP contribution in [0.5, 0.6) is 0 Å². The zero-order chi connectivity index (χ0) is 13.3. The number of hydrogen-bond donors (Lipinski definition) is 1. The van der Waals surface area contributed by atoms with E-state index in [-0.39, 0.29) is 17.0 Å². The molecule has 0 fully saturated rings. The molecule has 0 unspecified atom stereocenters. The Morgan fingerprint density at radius 2 is 2.06 bits per heavy atom. The van der Waals surface area contributed by atoms with E-state index in [0.29, 0.717) is 11.4 Å². The number of anilines is 2. The largest absolute Gasteiger partial charge is 0.368 e. The lowest BCUT2D eigenvalue weighted by atomic mass is 10.4. The quantitative estimate of drug-likeness (QED) is 0.871. The average Bonchev–Trinajstić information content (AvgIpc) is 2.71. The second kappa shape index (κ2) is 4.61. The Morgan fingerprint density at radius 1 is 1.44 bits per heavy atom. The molecule has 0 saturated carbocycles. The molecule has 0 radical (unpaired) electrons. The van der Waals surface area contributed by atoms with Gasteiger partial charge in [0, 0.05) is 14.0 Å². The fourth-order valence-electron chi connectivity index (χ4n) is 1.32. The lowest BCUT2D eigenvalue weighted by Gasteiger charge is -2.11. The highest BCUT2D eigenvalue weighted by Crippen LogP contribution is 2.24. The number of amides is 1. The van der Waals surface area contributed by atoms with Gasteiger partial charge in [-0.2, -0.15) is 5.10 Å². The molecule has 0 aromatic carbocycles. The van der Waals surface area contributed by atoms with Crippen LogP contribution in [0.2, 0.25) is 5.15 Å². The minimum atomic E-state index is -0.134. The summed E-state index contributed by atoms with van der Waals surface area (Å²) in [5.41, 5.74) is 6.52. The summed E-state index contributed by atoms with van der Waals surface area (Å²) in [4.78, 5) is 20.4. The number of nitrogen functional groups attached to an aromatic ring is 1. The first-order valence-corrected chi connectivity index (χ1v) is 5.44. The van der Waals surface area contributed by atoms with Crippen molar-refractivity contribution < 1.29 is 4.79 Å². The molecule has 7 nitrogen and oxygen atoms in total. The fraction of sp³-hybridized carbons (Fsp3) is 0.200. The van der Waals surface area contributed by atoms with Crippen LogP contribution in [0.1, 0.15) is 6.92 Å². The van der Waals surface area contributed by atoms with Crippen LogP contribution in [0.15, 0.2) is 18.6 Å². The third kappa shape index (κ3) is 2.25. The van der Waals surface area contributed by atoms with Crippen molar-refractivity contribution in [1.82, 2.24) is 19.7 Å². The predicted octanol–water partition coefficient (Wildman–Crippen LogP) is 0.881. The third-order valence-corrected chi connectivity index (χ3v) is 2.68. The van der Waals surface area contributed by atoms with Gasteiger partial charge in [0.25, 0.3) is 0 Å². The van der Waals surface area contributed by atoms with Gasteiger partial charge in [0.2, 0.25) is 11.9 Å². The zero-order valence-electron chi connectivity index (χ0n) is 9.83. The van der Waals surface area contributed by atoms with Gasteiger partial charge in [-0.1, -0.05) is 11.6 Å². The first kappa shape index (κ1) is 12.3. The Balaban J connectivity index is 2.40. The topological polar surface area (TPSA) is 89.9 Å². The number of hydrogen-bond acceptors (Lipinski definition) is 5. The summed E-state index contributed by atoms with van der Waals surface area (Å²) in [7, 11) is 1.62. The molecule has 8 heteroatoms. The number of nitrogens with two attached hydrogens (primary N) is 1. The van der Waals surface area contributed by atoms with E-state index in [9.17, 15) is 4.79 Å². The van der Waals surface area contributed by atoms with Crippen molar-refractivity contribution in [1.29, 1.82) is 0 Å². The van der Waals surface area contributed by atoms with E-state index in [2.05, 4.69) is 15.1 Å². The van der Waals surface area contributed by atoms with Crippen LogP contribution >= 0.6 is 11.6 Å². The van der Waals surface area contributed by atoms with Crippen LogP contribution in [-0.2, 0) is 4.79 Å². The molecule has 2 heterocycles. The highest BCUT2D eigenvalue weighted by atomic mass is 35.5. The summed E-state index contributed by atoms with van der Waals surface area (Å²) < 4.78 is 1.48. The maximum Gasteiger partial charge on any atom is 0.223 e. The van der Waals surface area contributed by atoms with Gasteiger partial charge < -0.3 is 10.6 Å². The lowest BCUT2D eigenvalue weighted by molar-refractivity contribution is -0.116. The number of aromatic nitrogens is 4. The first-order valence-electron chi connectivity index (χ1n) is 5.06. The van der Waals surface area contributed by atoms with Crippen molar-refractivity contribution in [2.24, 2.45) is 0 Å². The Hall–Kier alpha value is -2.15. The molecule has 18 heavy (non-hydrogen) atoms. The Bertz CT molecular complexity index is 579. The number of rotatable bonds is 2. The van der Waals surface area contributed by atoms with E-state index >= 15 is 0 Å². The summed E-state index contributed by atoms with van der Waals surface area (Å²) in [6, 6.07) is 0. The Kier molecular flexibility index (Phi) is 3.15. The minimum absolute atomic E-state index is 0.134. The first-order chi connectivity index (χ1) is 8.49. The van der Waals surface area contributed by atoms with E-state index in [1.807, 2.05) is 0 Å². The molecule has 0 saturated heterocycles. The zero-order valence-corrected chi connectivity index (χ0v) is 10.6. The number of carbonyl (C=O) groups is 1. The van der Waals surface area contributed by atoms with Gasteiger partial charge in [0.1, 0.15) is 11.4 Å². The van der Waals surface area contributed by atoms with Gasteiger partial charge in [-0.3, -0.25) is 4.79 Å². The van der Waals surface area contributed by atoms with Gasteiger partial charge in [-0.05, 0) is 0 Å². The van der Waals surface area contributed by atoms with Crippen LogP contribution in [0.3, 0.4) is 0 Å². The number of nitrogens with zero attached hydrogens (tertiary/aromatic N) is 5. The fourth-order valence-corrected chi connectivity index (χ4v) is 1.58. The molecule has 94 valence electrons. The molecule has 0 aliphatic carbocycles. The van der Waals surface area contributed by atoms with Crippen molar-refractivity contribution in [3.63, 3.8) is 0 Å². The number of carbonyl (C=O) groups excluding carboxylic acids is 1. The van der Waals surface area contributed by atoms with E-state index in [0.717, 1.165) is 0 Å². The molecule has 0 bridgehead atoms. The van der Waals surface area contributed by atoms with E-state index in [1.54, 1.807) is 13.2 Å². The standard InChI is InChI=1S/C10H11ClN6O/c1-6(18)16(2)8-5-17(15-9(8)11)7-3-13-10(12)14-4-7/h3-5H,1-2H3,(H2,12,13,14). The van der Waals surface area contributed by atoms with Crippen LogP contribution in [-0.4, -0.2) is 32.7 Å². The monoisotopic (exact) mass is 266 g/mol. The summed E-state index contributed by atoms with van der Waals surface area (Å²) in [5, 5.41) is 4.31. The lowest BCUT2D eigenvalue weighted by Crippen LogP contribution is -2.22. The maximum atomic E-state index is 11.3. The average molecular weight is 267 g/mol. The third-order valence-electron chi connectivity index (χ3n) is 2.41. The van der Waals surface area contributed by atoms with E-state index in [4.69, 9.17) is 17.3 Å². The maximum absolute atomic E-state index is 11.3. The number of halogens is 1. The van der Waals surface area contributed by atoms with Gasteiger partial charge in [-0.15, -0.1) is 0 Å². The van der Waals surface area contributed by atoms with Gasteiger partial charge in [0.05, 0.1) is 18.6 Å². The van der Waals surface area contributed by atoms with E-state index < -0.39 is 0 Å². The molecular weight excluding hydrogens is 256 g/mol. The molecule has 0 aliphatic rings. The molecule has 2 aromatic heterocycles. The summed E-state index contributed by atoms with van der Waals surface area (Å²) in [5.74, 6) is 0.0445. The highest BCUT2D eigenvalue weighted by molar-refractivity contribution is 6.32. The SMILES string of the molecule is CC(=O)N(C)c1cn(-c2cnc(N)nc2)nc1Cl. The molecule has 0 spiro atoms. The van der Waals surface area contributed by atoms with Gasteiger partial charge in [-0.25, -0.2) is 14.6 Å². The summed E-state index contributed by atoms with van der Waals surface area (Å²) in [6.07, 6.45) is 4.66. The van der Waals surface area contributed by atoms with Crippen LogP contribution in [0.25, 0.3) is 5.69 Å². The van der Waals surface area contributed by atoms with Crippen LogP contribution in [0.4, 0.5) is 11.6 Å². The van der Waals surface area contributed by atoms with E-state index in [1.165, 1.54) is 28.9 Å². The van der Waals surface area contributed by atoms with Crippen molar-refractivity contribution >= 4 is 29.1 Å². The molecule has 2 rings (SSSR count). The molecule has 2 aromatic rings. The smallest absolute Gasteiger partial charge is 0.223 e. The summed E-state index contributed by atoms with van der Waals surface area (Å²) in [6.45, 7) is 1.44. The molecule has 1 amide bonds. The molecule has 2 N–H and O–H groups in total. The summed E-state index contributed by atoms with van der Waals surface area (Å²) >= 11 is 5.97. The highest BCUT2D eigenvalue weighted by Gasteiger charge is 2.15. The normalized spacial score (nSPS) is 10.4. The molecular formula is C10H11ClN6O. The second-order valence-corrected chi connectivity index (χ2v) is 3.99. The van der Waals surface area contributed by atoms with Gasteiger partial charge >= 0.3 is 0 Å². The molecule has 0 aliphatic heterocycles. The van der Waals surface area contributed by atoms with Crippen LogP contribution in [0, 0.1) is 0 Å². The van der Waals surface area contributed by atoms with Gasteiger partial charge in [0.15, 0.2) is 5.15 Å².